The summed E-state index contributed by atoms with van der Waals surface area (Å²) in [6.45, 7) is 0. The summed E-state index contributed by atoms with van der Waals surface area (Å²) in [4.78, 5) is 8.67. The molecule has 0 aliphatic rings. The van der Waals surface area contributed by atoms with Crippen LogP contribution >= 0.6 is 11.3 Å². The first kappa shape index (κ1) is 13.0. The quantitative estimate of drug-likeness (QED) is 0.551. The van der Waals surface area contributed by atoms with Gasteiger partial charge in [-0.2, -0.15) is 0 Å². The fourth-order valence-corrected chi connectivity index (χ4v) is 3.17. The highest BCUT2D eigenvalue weighted by molar-refractivity contribution is 7.19. The zero-order chi connectivity index (χ0) is 14.8. The van der Waals surface area contributed by atoms with Gasteiger partial charge in [0.25, 0.3) is 0 Å². The van der Waals surface area contributed by atoms with Crippen molar-refractivity contribution in [1.29, 1.82) is 0 Å². The molecule has 0 amide bonds. The van der Waals surface area contributed by atoms with Crippen LogP contribution < -0.4 is 0 Å². The molecule has 4 aromatic rings. The predicted octanol–water partition coefficient (Wildman–Crippen LogP) is 4.65. The maximum absolute atomic E-state index is 4.61. The van der Waals surface area contributed by atoms with E-state index < -0.39 is 0 Å². The third kappa shape index (κ3) is 2.56. The van der Waals surface area contributed by atoms with Crippen molar-refractivity contribution in [3.63, 3.8) is 0 Å². The van der Waals surface area contributed by atoms with Crippen molar-refractivity contribution in [2.24, 2.45) is 0 Å². The fourth-order valence-electron chi connectivity index (χ4n) is 2.30. The first-order chi connectivity index (χ1) is 10.9. The van der Waals surface area contributed by atoms with Gasteiger partial charge in [-0.05, 0) is 35.9 Å². The van der Waals surface area contributed by atoms with Crippen LogP contribution in [-0.4, -0.2) is 14.5 Å². The van der Waals surface area contributed by atoms with E-state index in [9.17, 15) is 0 Å². The van der Waals surface area contributed by atoms with Gasteiger partial charge in [-0.1, -0.05) is 30.3 Å². The lowest BCUT2D eigenvalue weighted by Crippen LogP contribution is -1.88. The highest BCUT2D eigenvalue weighted by atomic mass is 32.1. The van der Waals surface area contributed by atoms with E-state index in [1.165, 1.54) is 4.70 Å². The number of nitrogens with zero attached hydrogens (tertiary/aromatic N) is 3. The summed E-state index contributed by atoms with van der Waals surface area (Å²) in [6.07, 6.45) is 9.67. The first-order valence-electron chi connectivity index (χ1n) is 7.00. The first-order valence-corrected chi connectivity index (χ1v) is 7.82. The maximum Gasteiger partial charge on any atom is 0.117 e. The lowest BCUT2D eigenvalue weighted by molar-refractivity contribution is 1.06. The standard InChI is InChI=1S/C18H13N3S/c1-2-4-17-16(3-1)20-18(22-17)10-7-14-5-8-15(9-6-14)21-12-11-19-13-21/h1-13H. The summed E-state index contributed by atoms with van der Waals surface area (Å²) in [5.74, 6) is 0. The predicted molar refractivity (Wildman–Crippen MR) is 92.1 cm³/mol. The zero-order valence-electron chi connectivity index (χ0n) is 11.8. The van der Waals surface area contributed by atoms with E-state index >= 15 is 0 Å². The average Bonchev–Trinajstić information content (AvgIpc) is 3.22. The van der Waals surface area contributed by atoms with Crippen molar-refractivity contribution in [3.05, 3.63) is 77.8 Å². The number of hydrogen-bond acceptors (Lipinski definition) is 3. The van der Waals surface area contributed by atoms with Crippen molar-refractivity contribution in [3.8, 4) is 5.69 Å². The Balaban J connectivity index is 1.57. The number of aromatic nitrogens is 3. The van der Waals surface area contributed by atoms with Gasteiger partial charge in [0, 0.05) is 18.1 Å². The van der Waals surface area contributed by atoms with Crippen LogP contribution in [0.5, 0.6) is 0 Å². The van der Waals surface area contributed by atoms with Gasteiger partial charge in [-0.25, -0.2) is 9.97 Å². The Labute approximate surface area is 132 Å². The monoisotopic (exact) mass is 303 g/mol. The second-order valence-electron chi connectivity index (χ2n) is 4.91. The number of imidazole rings is 1. The van der Waals surface area contributed by atoms with E-state index in [4.69, 9.17) is 0 Å². The highest BCUT2D eigenvalue weighted by Crippen LogP contribution is 2.23. The number of para-hydroxylation sites is 1. The Hall–Kier alpha value is -2.72. The zero-order valence-corrected chi connectivity index (χ0v) is 12.6. The van der Waals surface area contributed by atoms with Crippen molar-refractivity contribution < 1.29 is 0 Å². The van der Waals surface area contributed by atoms with E-state index in [0.717, 1.165) is 21.8 Å². The molecule has 0 radical (unpaired) electrons. The second-order valence-corrected chi connectivity index (χ2v) is 5.98. The lowest BCUT2D eigenvalue weighted by Gasteiger charge is -2.01. The molecule has 2 aromatic heterocycles. The van der Waals surface area contributed by atoms with Crippen LogP contribution in [-0.2, 0) is 0 Å². The molecule has 0 saturated heterocycles. The summed E-state index contributed by atoms with van der Waals surface area (Å²) >= 11 is 1.71. The van der Waals surface area contributed by atoms with Crippen molar-refractivity contribution in [2.75, 3.05) is 0 Å². The second kappa shape index (κ2) is 5.58. The van der Waals surface area contributed by atoms with Crippen LogP contribution in [0.2, 0.25) is 0 Å². The summed E-state index contributed by atoms with van der Waals surface area (Å²) in [6, 6.07) is 16.6. The summed E-state index contributed by atoms with van der Waals surface area (Å²) in [5.41, 5.74) is 3.32. The Bertz CT molecular complexity index is 886. The molecule has 0 spiro atoms. The highest BCUT2D eigenvalue weighted by Gasteiger charge is 1.99. The summed E-state index contributed by atoms with van der Waals surface area (Å²) in [7, 11) is 0. The molecule has 2 heterocycles. The molecule has 0 bridgehead atoms. The van der Waals surface area contributed by atoms with E-state index in [2.05, 4.69) is 52.5 Å². The SMILES string of the molecule is C(=Cc1nc2ccccc2s1)c1ccc(-n2ccnc2)cc1. The molecule has 0 unspecified atom stereocenters. The van der Waals surface area contributed by atoms with Crippen LogP contribution in [0.15, 0.2) is 67.3 Å². The molecular weight excluding hydrogens is 290 g/mol. The molecule has 0 atom stereocenters. The smallest absolute Gasteiger partial charge is 0.117 e. The Morgan fingerprint density at radius 3 is 2.59 bits per heavy atom. The van der Waals surface area contributed by atoms with Gasteiger partial charge in [0.15, 0.2) is 0 Å². The molecule has 0 fully saturated rings. The number of thiazole rings is 1. The molecule has 0 saturated carbocycles. The molecule has 0 aliphatic carbocycles. The molecule has 106 valence electrons. The molecule has 0 N–H and O–H groups in total. The molecule has 4 rings (SSSR count). The van der Waals surface area contributed by atoms with Crippen LogP contribution in [0.1, 0.15) is 10.6 Å². The van der Waals surface area contributed by atoms with E-state index in [0.29, 0.717) is 0 Å². The van der Waals surface area contributed by atoms with Gasteiger partial charge < -0.3 is 4.57 Å². The van der Waals surface area contributed by atoms with Crippen LogP contribution in [0.25, 0.3) is 28.1 Å². The van der Waals surface area contributed by atoms with Gasteiger partial charge in [0.2, 0.25) is 0 Å². The van der Waals surface area contributed by atoms with E-state index in [1.54, 1.807) is 23.9 Å². The van der Waals surface area contributed by atoms with Crippen LogP contribution in [0.3, 0.4) is 0 Å². The van der Waals surface area contributed by atoms with Gasteiger partial charge in [0.05, 0.1) is 16.5 Å². The average molecular weight is 303 g/mol. The number of rotatable bonds is 3. The fraction of sp³-hybridized carbons (Fsp3) is 0. The van der Waals surface area contributed by atoms with Crippen molar-refractivity contribution >= 4 is 33.7 Å². The molecule has 22 heavy (non-hydrogen) atoms. The van der Waals surface area contributed by atoms with E-state index in [1.807, 2.05) is 29.0 Å². The lowest BCUT2D eigenvalue weighted by atomic mass is 10.2. The topological polar surface area (TPSA) is 30.7 Å². The minimum atomic E-state index is 1.03. The van der Waals surface area contributed by atoms with Crippen molar-refractivity contribution in [2.45, 2.75) is 0 Å². The van der Waals surface area contributed by atoms with E-state index in [-0.39, 0.29) is 0 Å². The number of fused-ring (bicyclic) bond motifs is 1. The third-order valence-electron chi connectivity index (χ3n) is 3.42. The maximum atomic E-state index is 4.61. The Morgan fingerprint density at radius 2 is 1.82 bits per heavy atom. The Morgan fingerprint density at radius 1 is 0.955 bits per heavy atom. The number of hydrogen-bond donors (Lipinski definition) is 0. The van der Waals surface area contributed by atoms with Gasteiger partial charge in [-0.3, -0.25) is 0 Å². The molecule has 0 aliphatic heterocycles. The van der Waals surface area contributed by atoms with Gasteiger partial charge in [-0.15, -0.1) is 11.3 Å². The van der Waals surface area contributed by atoms with Crippen LogP contribution in [0.4, 0.5) is 0 Å². The molecule has 3 nitrogen and oxygen atoms in total. The third-order valence-corrected chi connectivity index (χ3v) is 4.43. The molecule has 2 aromatic carbocycles. The number of benzene rings is 2. The largest absolute Gasteiger partial charge is 0.306 e. The summed E-state index contributed by atoms with van der Waals surface area (Å²) < 4.78 is 3.21. The molecular formula is C18H13N3S. The molecule has 4 heteroatoms. The summed E-state index contributed by atoms with van der Waals surface area (Å²) in [5, 5.41) is 1.03. The van der Waals surface area contributed by atoms with Crippen molar-refractivity contribution in [1.82, 2.24) is 14.5 Å². The van der Waals surface area contributed by atoms with Crippen LogP contribution in [0, 0.1) is 0 Å². The van der Waals surface area contributed by atoms with Gasteiger partial charge in [0.1, 0.15) is 5.01 Å². The van der Waals surface area contributed by atoms with Gasteiger partial charge >= 0.3 is 0 Å². The Kier molecular flexibility index (Phi) is 3.29. The minimum Gasteiger partial charge on any atom is -0.306 e. The minimum absolute atomic E-state index is 1.03. The normalized spacial score (nSPS) is 11.5.